The molecule has 0 saturated heterocycles. The Bertz CT molecular complexity index is 317. The molecule has 0 nitrogen and oxygen atoms in total. The summed E-state index contributed by atoms with van der Waals surface area (Å²) < 4.78 is 1.71. The van der Waals surface area contributed by atoms with Crippen molar-refractivity contribution in [3.8, 4) is 0 Å². The predicted octanol–water partition coefficient (Wildman–Crippen LogP) is 3.64. The van der Waals surface area contributed by atoms with Gasteiger partial charge in [0.15, 0.2) is 0 Å². The van der Waals surface area contributed by atoms with E-state index < -0.39 is 12.8 Å². The van der Waals surface area contributed by atoms with Gasteiger partial charge in [0.25, 0.3) is 0 Å². The maximum atomic E-state index is 2.50. The Kier molecular flexibility index (Phi) is 4.46. The van der Waals surface area contributed by atoms with Crippen LogP contribution >= 0.6 is 24.8 Å². The van der Waals surface area contributed by atoms with Crippen molar-refractivity contribution in [3.63, 3.8) is 0 Å². The number of hydrogen-bond acceptors (Lipinski definition) is 0. The van der Waals surface area contributed by atoms with Crippen LogP contribution in [0.25, 0.3) is 0 Å². The average molecular weight is 276 g/mol. The third kappa shape index (κ3) is 4.85. The average Bonchev–Trinajstić information content (AvgIpc) is 2.01. The van der Waals surface area contributed by atoms with Crippen molar-refractivity contribution in [1.29, 1.82) is 0 Å². The molecule has 0 saturated carbocycles. The van der Waals surface area contributed by atoms with E-state index in [0.29, 0.717) is 0 Å². The van der Waals surface area contributed by atoms with E-state index in [2.05, 4.69) is 46.8 Å². The molecule has 79 valence electrons. The van der Waals surface area contributed by atoms with Gasteiger partial charge in [0.2, 0.25) is 0 Å². The molecule has 0 bridgehead atoms. The topological polar surface area (TPSA) is 0 Å². The van der Waals surface area contributed by atoms with Crippen LogP contribution in [0, 0.1) is 0 Å². The van der Waals surface area contributed by atoms with Crippen LogP contribution < -0.4 is 0 Å². The summed E-state index contributed by atoms with van der Waals surface area (Å²) in [6, 6.07) is 0. The second kappa shape index (κ2) is 3.53. The molecule has 1 aliphatic carbocycles. The van der Waals surface area contributed by atoms with E-state index in [1.807, 2.05) is 0 Å². The number of rotatable bonds is 1. The molecule has 0 radical (unpaired) electrons. The summed E-state index contributed by atoms with van der Waals surface area (Å²) in [6.45, 7) is 0. The fourth-order valence-electron chi connectivity index (χ4n) is 1.32. The fourth-order valence-corrected chi connectivity index (χ4v) is 5.46. The van der Waals surface area contributed by atoms with Gasteiger partial charge >= 0.3 is 69.8 Å². The summed E-state index contributed by atoms with van der Waals surface area (Å²) in [5.41, 5.74) is 0. The zero-order chi connectivity index (χ0) is 8.81. The SMILES string of the molecule is Cl.Cl.[CH3][Ti]([CH3])([CH3])([CH3])(=[SiH2])[C]1=CC=CC1. The molecular weight excluding hydrogens is 255 g/mol. The van der Waals surface area contributed by atoms with Gasteiger partial charge in [0.05, 0.1) is 0 Å². The summed E-state index contributed by atoms with van der Waals surface area (Å²) in [7, 11) is 2.26. The van der Waals surface area contributed by atoms with Crippen molar-refractivity contribution < 1.29 is 12.8 Å². The first-order valence-electron chi connectivity index (χ1n) is 4.32. The van der Waals surface area contributed by atoms with Gasteiger partial charge in [-0.05, 0) is 0 Å². The summed E-state index contributed by atoms with van der Waals surface area (Å²) in [6.07, 6.45) is 8.01. The molecule has 0 N–H and O–H groups in total. The Balaban J connectivity index is 0. The van der Waals surface area contributed by atoms with E-state index in [9.17, 15) is 0 Å². The van der Waals surface area contributed by atoms with E-state index in [0.717, 1.165) is 0 Å². The predicted molar refractivity (Wildman–Crippen MR) is 68.3 cm³/mol. The minimum atomic E-state index is -2.58. The summed E-state index contributed by atoms with van der Waals surface area (Å²) >= 11 is -2.58. The van der Waals surface area contributed by atoms with Crippen LogP contribution in [0.2, 0.25) is 20.9 Å². The molecule has 0 heterocycles. The molecule has 0 unspecified atom stereocenters. The fraction of sp³-hybridized carbons (Fsp3) is 0.556. The standard InChI is InChI=1S/C5H5.4CH3.2ClH.H2Si.Ti/c1-2-4-5-3-1;;;;;;;;/h1-3H,4H2;4*1H3;2*1H;1H2;. The monoisotopic (exact) mass is 275 g/mol. The van der Waals surface area contributed by atoms with Crippen LogP contribution in [0.3, 0.4) is 0 Å². The van der Waals surface area contributed by atoms with Crippen molar-refractivity contribution in [2.75, 3.05) is 0 Å². The molecule has 0 spiro atoms. The molecule has 0 aliphatic heterocycles. The van der Waals surface area contributed by atoms with Crippen LogP contribution in [0.15, 0.2) is 22.1 Å². The van der Waals surface area contributed by atoms with Crippen molar-refractivity contribution >= 4 is 32.4 Å². The first kappa shape index (κ1) is 16.4. The maximum absolute atomic E-state index is 2.58. The van der Waals surface area contributed by atoms with Gasteiger partial charge in [-0.3, -0.25) is 0 Å². The Morgan fingerprint density at radius 3 is 1.77 bits per heavy atom. The van der Waals surface area contributed by atoms with E-state index in [1.165, 1.54) is 6.42 Å². The Labute approximate surface area is 94.1 Å². The van der Waals surface area contributed by atoms with Crippen LogP contribution in [0.4, 0.5) is 0 Å². The molecule has 13 heavy (non-hydrogen) atoms. The molecule has 0 amide bonds. The Morgan fingerprint density at radius 1 is 1.15 bits per heavy atom. The van der Waals surface area contributed by atoms with Gasteiger partial charge in [0, 0.05) is 0 Å². The van der Waals surface area contributed by atoms with Crippen LogP contribution in [0.1, 0.15) is 6.42 Å². The normalized spacial score (nSPS) is 20.5. The number of hydrogen-bond donors (Lipinski definition) is 0. The molecule has 0 atom stereocenters. The van der Waals surface area contributed by atoms with Crippen molar-refractivity contribution in [2.45, 2.75) is 27.3 Å². The van der Waals surface area contributed by atoms with Crippen molar-refractivity contribution in [3.05, 3.63) is 22.1 Å². The van der Waals surface area contributed by atoms with Gasteiger partial charge < -0.3 is 0 Å². The summed E-state index contributed by atoms with van der Waals surface area (Å²) in [4.78, 5) is 0. The number of allylic oxidation sites excluding steroid dienone is 4. The number of halogens is 2. The zero-order valence-corrected chi connectivity index (χ0v) is 13.6. The molecule has 0 aromatic carbocycles. The molecule has 0 aromatic heterocycles. The third-order valence-electron chi connectivity index (χ3n) is 2.28. The third-order valence-corrected chi connectivity index (χ3v) is 9.45. The second-order valence-electron chi connectivity index (χ2n) is 6.92. The van der Waals surface area contributed by atoms with E-state index in [-0.39, 0.29) is 24.8 Å². The van der Waals surface area contributed by atoms with Gasteiger partial charge in [-0.25, -0.2) is 0 Å². The Hall–Kier alpha value is 0.991. The van der Waals surface area contributed by atoms with Crippen molar-refractivity contribution in [1.82, 2.24) is 0 Å². The first-order valence-corrected chi connectivity index (χ1v) is 15.4. The van der Waals surface area contributed by atoms with Crippen LogP contribution in [0.5, 0.6) is 0 Å². The molecule has 4 heteroatoms. The van der Waals surface area contributed by atoms with Gasteiger partial charge in [-0.1, -0.05) is 0 Å². The molecule has 0 fully saturated rings. The first-order chi connectivity index (χ1) is 4.59. The molecule has 1 rings (SSSR count). The second-order valence-corrected chi connectivity index (χ2v) is 38.5. The summed E-state index contributed by atoms with van der Waals surface area (Å²) in [5, 5.41) is 9.99. The van der Waals surface area contributed by atoms with Crippen molar-refractivity contribution in [2.24, 2.45) is 0 Å². The van der Waals surface area contributed by atoms with E-state index in [1.54, 1.807) is 3.88 Å². The van der Waals surface area contributed by atoms with Crippen LogP contribution in [-0.2, 0) is 12.8 Å². The van der Waals surface area contributed by atoms with E-state index in [4.69, 9.17) is 0 Å². The summed E-state index contributed by atoms with van der Waals surface area (Å²) in [5.74, 6) is 0. The Morgan fingerprint density at radius 2 is 1.62 bits per heavy atom. The zero-order valence-electron chi connectivity index (χ0n) is 8.96. The van der Waals surface area contributed by atoms with Crippen LogP contribution in [-0.4, -0.2) is 7.63 Å². The van der Waals surface area contributed by atoms with Gasteiger partial charge in [-0.2, -0.15) is 0 Å². The quantitative estimate of drug-likeness (QED) is 0.641. The molecule has 1 aliphatic rings. The van der Waals surface area contributed by atoms with E-state index >= 15 is 0 Å². The van der Waals surface area contributed by atoms with Gasteiger partial charge in [-0.15, -0.1) is 24.8 Å². The van der Waals surface area contributed by atoms with Gasteiger partial charge in [0.1, 0.15) is 0 Å². The molecular formula is C9H21Cl2SiTi. The molecule has 0 aromatic rings. The minimum absolute atomic E-state index is 0.